The van der Waals surface area contributed by atoms with E-state index in [9.17, 15) is 19.2 Å². The van der Waals surface area contributed by atoms with Crippen molar-refractivity contribution >= 4 is 29.4 Å². The van der Waals surface area contributed by atoms with Crippen LogP contribution in [-0.2, 0) is 9.59 Å². The normalized spacial score (nSPS) is 24.6. The lowest BCUT2D eigenvalue weighted by Crippen LogP contribution is -2.52. The minimum atomic E-state index is -0.766. The van der Waals surface area contributed by atoms with Gasteiger partial charge in [-0.05, 0) is 56.8 Å². The largest absolute Gasteiger partial charge is 0.480 e. The molecule has 4 aliphatic heterocycles. The predicted octanol–water partition coefficient (Wildman–Crippen LogP) is 0.480. The molecule has 2 N–H and O–H groups in total. The summed E-state index contributed by atoms with van der Waals surface area (Å²) in [6.45, 7) is 6.64. The maximum atomic E-state index is 13.4. The molecule has 35 heavy (non-hydrogen) atoms. The van der Waals surface area contributed by atoms with E-state index in [1.165, 1.54) is 0 Å². The third-order valence-electron chi connectivity index (χ3n) is 7.79. The molecule has 4 heterocycles. The molecule has 3 amide bonds. The van der Waals surface area contributed by atoms with Gasteiger partial charge in [-0.25, -0.2) is 0 Å². The number of carboxylic acids is 1. The summed E-state index contributed by atoms with van der Waals surface area (Å²) in [5.74, 6) is -1.19. The Morgan fingerprint density at radius 2 is 1.69 bits per heavy atom. The first-order valence-corrected chi connectivity index (χ1v) is 12.6. The number of piperidine rings is 2. The highest BCUT2D eigenvalue weighted by Gasteiger charge is 2.45. The Hall–Kier alpha value is -2.98. The molecular weight excluding hydrogens is 450 g/mol. The van der Waals surface area contributed by atoms with Crippen molar-refractivity contribution < 1.29 is 24.3 Å². The lowest BCUT2D eigenvalue weighted by atomic mass is 9.96. The van der Waals surface area contributed by atoms with Crippen molar-refractivity contribution in [2.75, 3.05) is 63.8 Å². The number of likely N-dealkylation sites (tertiary alicyclic amines) is 1. The van der Waals surface area contributed by atoms with Gasteiger partial charge in [0.25, 0.3) is 11.8 Å². The number of amides is 3. The third-order valence-corrected chi connectivity index (χ3v) is 7.79. The van der Waals surface area contributed by atoms with Crippen LogP contribution in [0.2, 0.25) is 0 Å². The molecule has 1 atom stereocenters. The van der Waals surface area contributed by atoms with Crippen molar-refractivity contribution in [2.45, 2.75) is 31.7 Å². The Labute approximate surface area is 204 Å². The van der Waals surface area contributed by atoms with E-state index in [-0.39, 0.29) is 24.3 Å². The minimum Gasteiger partial charge on any atom is -0.480 e. The molecule has 4 aliphatic rings. The fourth-order valence-corrected chi connectivity index (χ4v) is 5.89. The Morgan fingerprint density at radius 1 is 0.943 bits per heavy atom. The number of carboxylic acid groups (broad SMARTS) is 1. The van der Waals surface area contributed by atoms with Gasteiger partial charge >= 0.3 is 5.97 Å². The summed E-state index contributed by atoms with van der Waals surface area (Å²) in [6.07, 6.45) is 3.28. The first-order valence-electron chi connectivity index (χ1n) is 12.6. The molecule has 3 saturated heterocycles. The molecule has 0 spiro atoms. The SMILES string of the molecule is O=C(O)CN1CCC(CN2CCN(c3cccc4c3C(=O)N(C3CCCNC3=O)C4=O)CC2)CC1. The molecule has 1 aromatic rings. The Morgan fingerprint density at radius 3 is 2.37 bits per heavy atom. The molecule has 0 aliphatic carbocycles. The number of benzene rings is 1. The van der Waals surface area contributed by atoms with Crippen molar-refractivity contribution in [3.8, 4) is 0 Å². The molecule has 10 heteroatoms. The van der Waals surface area contributed by atoms with Crippen LogP contribution in [0, 0.1) is 5.92 Å². The van der Waals surface area contributed by atoms with E-state index < -0.39 is 12.0 Å². The minimum absolute atomic E-state index is 0.122. The number of fused-ring (bicyclic) bond motifs is 1. The summed E-state index contributed by atoms with van der Waals surface area (Å²) in [6, 6.07) is 4.68. The predicted molar refractivity (Wildman–Crippen MR) is 128 cm³/mol. The van der Waals surface area contributed by atoms with Crippen LogP contribution >= 0.6 is 0 Å². The Kier molecular flexibility index (Phi) is 6.75. The molecule has 0 radical (unpaired) electrons. The molecule has 10 nitrogen and oxygen atoms in total. The molecule has 0 bridgehead atoms. The highest BCUT2D eigenvalue weighted by Crippen LogP contribution is 2.34. The van der Waals surface area contributed by atoms with E-state index >= 15 is 0 Å². The zero-order valence-electron chi connectivity index (χ0n) is 19.9. The van der Waals surface area contributed by atoms with Gasteiger partial charge in [0, 0.05) is 39.3 Å². The topological polar surface area (TPSA) is 114 Å². The van der Waals surface area contributed by atoms with Crippen LogP contribution in [0.1, 0.15) is 46.4 Å². The molecular formula is C25H33N5O5. The average Bonchev–Trinajstić information content (AvgIpc) is 3.11. The van der Waals surface area contributed by atoms with Crippen molar-refractivity contribution in [3.05, 3.63) is 29.3 Å². The number of carbonyl (C=O) groups is 4. The molecule has 0 aromatic heterocycles. The van der Waals surface area contributed by atoms with Gasteiger partial charge < -0.3 is 15.3 Å². The number of piperazine rings is 1. The average molecular weight is 484 g/mol. The van der Waals surface area contributed by atoms with Crippen LogP contribution in [0.15, 0.2) is 18.2 Å². The monoisotopic (exact) mass is 483 g/mol. The maximum Gasteiger partial charge on any atom is 0.317 e. The van der Waals surface area contributed by atoms with E-state index in [4.69, 9.17) is 5.11 Å². The maximum absolute atomic E-state index is 13.4. The summed E-state index contributed by atoms with van der Waals surface area (Å²) in [7, 11) is 0. The van der Waals surface area contributed by atoms with Gasteiger partial charge in [0.05, 0.1) is 23.4 Å². The van der Waals surface area contributed by atoms with Gasteiger partial charge in [-0.15, -0.1) is 0 Å². The van der Waals surface area contributed by atoms with Crippen LogP contribution in [0.5, 0.6) is 0 Å². The van der Waals surface area contributed by atoms with Gasteiger partial charge in [0.1, 0.15) is 6.04 Å². The summed E-state index contributed by atoms with van der Waals surface area (Å²) in [4.78, 5) is 57.6. The molecule has 1 aromatic carbocycles. The number of nitrogens with zero attached hydrogens (tertiary/aromatic N) is 4. The van der Waals surface area contributed by atoms with Crippen LogP contribution in [-0.4, -0.2) is 108 Å². The van der Waals surface area contributed by atoms with Gasteiger partial charge in [-0.3, -0.25) is 33.9 Å². The van der Waals surface area contributed by atoms with Crippen molar-refractivity contribution in [2.24, 2.45) is 5.92 Å². The zero-order valence-corrected chi connectivity index (χ0v) is 19.9. The first kappa shape index (κ1) is 23.7. The van der Waals surface area contributed by atoms with E-state index in [0.29, 0.717) is 30.0 Å². The van der Waals surface area contributed by atoms with Gasteiger partial charge in [0.2, 0.25) is 5.91 Å². The van der Waals surface area contributed by atoms with Crippen LogP contribution in [0.4, 0.5) is 5.69 Å². The summed E-state index contributed by atoms with van der Waals surface area (Å²) < 4.78 is 0. The second-order valence-electron chi connectivity index (χ2n) is 10.0. The summed E-state index contributed by atoms with van der Waals surface area (Å²) in [5.41, 5.74) is 1.60. The molecule has 3 fully saturated rings. The van der Waals surface area contributed by atoms with Gasteiger partial charge in [0.15, 0.2) is 0 Å². The third kappa shape index (κ3) is 4.77. The van der Waals surface area contributed by atoms with Gasteiger partial charge in [-0.1, -0.05) is 6.07 Å². The van der Waals surface area contributed by atoms with Crippen molar-refractivity contribution in [1.29, 1.82) is 0 Å². The van der Waals surface area contributed by atoms with E-state index in [1.807, 2.05) is 17.0 Å². The number of carbonyl (C=O) groups excluding carboxylic acids is 3. The second-order valence-corrected chi connectivity index (χ2v) is 10.0. The first-order chi connectivity index (χ1) is 16.9. The number of imide groups is 1. The lowest BCUT2D eigenvalue weighted by Gasteiger charge is -2.39. The number of anilines is 1. The number of aliphatic carboxylic acids is 1. The van der Waals surface area contributed by atoms with E-state index in [1.54, 1.807) is 6.07 Å². The van der Waals surface area contributed by atoms with Crippen molar-refractivity contribution in [1.82, 2.24) is 20.0 Å². The van der Waals surface area contributed by atoms with E-state index in [2.05, 4.69) is 15.1 Å². The fraction of sp³-hybridized carbons (Fsp3) is 0.600. The fourth-order valence-electron chi connectivity index (χ4n) is 5.89. The number of hydrogen-bond acceptors (Lipinski definition) is 7. The Bertz CT molecular complexity index is 1010. The smallest absolute Gasteiger partial charge is 0.317 e. The molecule has 5 rings (SSSR count). The zero-order chi connectivity index (χ0) is 24.5. The van der Waals surface area contributed by atoms with E-state index in [0.717, 1.165) is 75.7 Å². The lowest BCUT2D eigenvalue weighted by molar-refractivity contribution is -0.138. The summed E-state index contributed by atoms with van der Waals surface area (Å²) in [5, 5.41) is 11.8. The van der Waals surface area contributed by atoms with Crippen LogP contribution in [0.3, 0.4) is 0 Å². The Balaban J connectivity index is 1.21. The highest BCUT2D eigenvalue weighted by atomic mass is 16.4. The molecule has 188 valence electrons. The van der Waals surface area contributed by atoms with Crippen molar-refractivity contribution in [3.63, 3.8) is 0 Å². The van der Waals surface area contributed by atoms with Crippen LogP contribution in [0.25, 0.3) is 0 Å². The number of rotatable bonds is 6. The summed E-state index contributed by atoms with van der Waals surface area (Å²) >= 11 is 0. The van der Waals surface area contributed by atoms with Crippen LogP contribution < -0.4 is 10.2 Å². The van der Waals surface area contributed by atoms with Gasteiger partial charge in [-0.2, -0.15) is 0 Å². The second kappa shape index (κ2) is 9.94. The molecule has 1 unspecified atom stereocenters. The quantitative estimate of drug-likeness (QED) is 0.562. The highest BCUT2D eigenvalue weighted by molar-refractivity contribution is 6.25. The molecule has 0 saturated carbocycles. The standard InChI is InChI=1S/C25H33N5O5/c31-21(32)16-27-9-6-17(7-10-27)15-28-11-13-29(14-12-28)19-4-1-3-18-22(19)25(35)30(24(18)34)20-5-2-8-26-23(20)33/h1,3-4,17,20H,2,5-16H2,(H,26,33)(H,31,32). The number of hydrogen-bond donors (Lipinski definition) is 2. The number of nitrogens with one attached hydrogen (secondary N) is 1.